The Morgan fingerprint density at radius 2 is 1.48 bits per heavy atom. The maximum atomic E-state index is 12.7. The fourth-order valence-electron chi connectivity index (χ4n) is 5.07. The summed E-state index contributed by atoms with van der Waals surface area (Å²) in [4.78, 5) is 50.2. The molecule has 1 saturated heterocycles. The van der Waals surface area contributed by atoms with E-state index in [1.807, 2.05) is 30.3 Å². The number of aromatic nitrogens is 2. The molecular weight excluding hydrogens is 588 g/mol. The van der Waals surface area contributed by atoms with E-state index < -0.39 is 12.0 Å². The molecule has 3 heterocycles. The SMILES string of the molecule is COC(=O)c1ccc(-c2ccc3c(N4CCOCC4)nc(-c4ccc(NC(=O)Nc5ccc(C(=O)N(C)C)cc5)cc4)nc3c2)o1. The van der Waals surface area contributed by atoms with Crippen molar-refractivity contribution >= 4 is 46.0 Å². The lowest BCUT2D eigenvalue weighted by molar-refractivity contribution is 0.0566. The van der Waals surface area contributed by atoms with Crippen LogP contribution in [0, 0.1) is 0 Å². The van der Waals surface area contributed by atoms with Crippen LogP contribution < -0.4 is 15.5 Å². The lowest BCUT2D eigenvalue weighted by Gasteiger charge is -2.29. The number of urea groups is 1. The Balaban J connectivity index is 1.24. The smallest absolute Gasteiger partial charge is 0.373 e. The van der Waals surface area contributed by atoms with Crippen LogP contribution in [0.1, 0.15) is 20.9 Å². The molecule has 1 aliphatic rings. The van der Waals surface area contributed by atoms with Crippen molar-refractivity contribution in [1.29, 1.82) is 0 Å². The van der Waals surface area contributed by atoms with Crippen LogP contribution in [0.25, 0.3) is 33.6 Å². The average Bonchev–Trinajstić information content (AvgIpc) is 3.58. The molecule has 0 radical (unpaired) electrons. The zero-order valence-electron chi connectivity index (χ0n) is 25.6. The van der Waals surface area contributed by atoms with Gasteiger partial charge in [-0.3, -0.25) is 4.79 Å². The van der Waals surface area contributed by atoms with Gasteiger partial charge in [0.1, 0.15) is 11.6 Å². The van der Waals surface area contributed by atoms with E-state index in [0.29, 0.717) is 60.3 Å². The van der Waals surface area contributed by atoms with Crippen molar-refractivity contribution in [3.8, 4) is 22.7 Å². The highest BCUT2D eigenvalue weighted by atomic mass is 16.5. The topological polar surface area (TPSA) is 139 Å². The van der Waals surface area contributed by atoms with Crippen LogP contribution in [0.4, 0.5) is 22.0 Å². The number of hydrogen-bond donors (Lipinski definition) is 2. The van der Waals surface area contributed by atoms with E-state index in [1.54, 1.807) is 62.6 Å². The number of nitrogens with zero attached hydrogens (tertiary/aromatic N) is 4. The second kappa shape index (κ2) is 13.1. The molecule has 0 aliphatic carbocycles. The largest absolute Gasteiger partial charge is 0.463 e. The molecule has 3 amide bonds. The van der Waals surface area contributed by atoms with Crippen molar-refractivity contribution < 1.29 is 28.3 Å². The van der Waals surface area contributed by atoms with Crippen LogP contribution in [0.2, 0.25) is 0 Å². The third-order valence-corrected chi connectivity index (χ3v) is 7.46. The molecule has 3 aromatic carbocycles. The molecule has 0 atom stereocenters. The Morgan fingerprint density at radius 1 is 0.826 bits per heavy atom. The number of hydrogen-bond acceptors (Lipinski definition) is 9. The Bertz CT molecular complexity index is 1900. The van der Waals surface area contributed by atoms with Crippen molar-refractivity contribution in [2.75, 3.05) is 63.0 Å². The summed E-state index contributed by atoms with van der Waals surface area (Å²) in [5.41, 5.74) is 3.89. The number of esters is 1. The van der Waals surface area contributed by atoms with E-state index in [0.717, 1.165) is 22.3 Å². The molecule has 12 nitrogen and oxygen atoms in total. The highest BCUT2D eigenvalue weighted by Gasteiger charge is 2.20. The van der Waals surface area contributed by atoms with Gasteiger partial charge >= 0.3 is 12.0 Å². The number of ether oxygens (including phenoxy) is 2. The van der Waals surface area contributed by atoms with Gasteiger partial charge in [-0.1, -0.05) is 6.07 Å². The van der Waals surface area contributed by atoms with E-state index >= 15 is 0 Å². The van der Waals surface area contributed by atoms with Crippen molar-refractivity contribution in [3.05, 3.63) is 90.2 Å². The number of anilines is 3. The monoisotopic (exact) mass is 620 g/mol. The summed E-state index contributed by atoms with van der Waals surface area (Å²) in [5, 5.41) is 6.48. The molecule has 234 valence electrons. The highest BCUT2D eigenvalue weighted by molar-refractivity contribution is 6.01. The predicted octanol–water partition coefficient (Wildman–Crippen LogP) is 5.53. The van der Waals surface area contributed by atoms with Crippen LogP contribution in [0.5, 0.6) is 0 Å². The van der Waals surface area contributed by atoms with E-state index in [4.69, 9.17) is 23.9 Å². The molecule has 1 aliphatic heterocycles. The molecule has 0 saturated carbocycles. The Labute approximate surface area is 264 Å². The standard InChI is InChI=1S/C34H32N6O6/c1-39(2)32(41)22-6-11-25(12-7-22)36-34(43)35-24-9-4-21(5-10-24)30-37-27-20-23(28-14-15-29(46-28)33(42)44-3)8-13-26(27)31(38-30)40-16-18-45-19-17-40/h4-15,20H,16-19H2,1-3H3,(H2,35,36,43). The van der Waals surface area contributed by atoms with Gasteiger partial charge in [0.25, 0.3) is 5.91 Å². The minimum atomic E-state index is -0.548. The first-order valence-electron chi connectivity index (χ1n) is 14.6. The summed E-state index contributed by atoms with van der Waals surface area (Å²) < 4.78 is 16.1. The van der Waals surface area contributed by atoms with Crippen LogP contribution in [-0.4, -0.2) is 80.3 Å². The second-order valence-electron chi connectivity index (χ2n) is 10.8. The zero-order valence-corrected chi connectivity index (χ0v) is 25.6. The first kappa shape index (κ1) is 30.3. The number of fused-ring (bicyclic) bond motifs is 1. The quantitative estimate of drug-likeness (QED) is 0.225. The number of morpholine rings is 1. The van der Waals surface area contributed by atoms with Gasteiger partial charge in [-0.15, -0.1) is 0 Å². The van der Waals surface area contributed by atoms with E-state index in [9.17, 15) is 14.4 Å². The highest BCUT2D eigenvalue weighted by Crippen LogP contribution is 2.32. The molecule has 2 N–H and O–H groups in total. The number of carbonyl (C=O) groups excluding carboxylic acids is 3. The van der Waals surface area contributed by atoms with Crippen LogP contribution in [0.15, 0.2) is 83.3 Å². The third kappa shape index (κ3) is 6.52. The number of amides is 3. The maximum Gasteiger partial charge on any atom is 0.373 e. The van der Waals surface area contributed by atoms with Gasteiger partial charge in [-0.05, 0) is 72.8 Å². The van der Waals surface area contributed by atoms with Crippen molar-refractivity contribution in [2.45, 2.75) is 0 Å². The fraction of sp³-hybridized carbons (Fsp3) is 0.206. The molecule has 46 heavy (non-hydrogen) atoms. The molecule has 5 aromatic rings. The lowest BCUT2D eigenvalue weighted by atomic mass is 10.1. The van der Waals surface area contributed by atoms with Crippen LogP contribution in [-0.2, 0) is 9.47 Å². The Morgan fingerprint density at radius 3 is 2.13 bits per heavy atom. The molecule has 0 unspecified atom stereocenters. The molecule has 2 aromatic heterocycles. The fourth-order valence-corrected chi connectivity index (χ4v) is 5.07. The van der Waals surface area contributed by atoms with Gasteiger partial charge < -0.3 is 34.3 Å². The van der Waals surface area contributed by atoms with Crippen LogP contribution >= 0.6 is 0 Å². The van der Waals surface area contributed by atoms with Crippen molar-refractivity contribution in [1.82, 2.24) is 14.9 Å². The molecule has 6 rings (SSSR count). The number of nitrogens with one attached hydrogen (secondary N) is 2. The number of rotatable bonds is 7. The number of furan rings is 1. The summed E-state index contributed by atoms with van der Waals surface area (Å²) in [6, 6.07) is 22.6. The van der Waals surface area contributed by atoms with Gasteiger partial charge in [0.05, 0.1) is 25.8 Å². The molecule has 0 bridgehead atoms. The number of methoxy groups -OCH3 is 1. The summed E-state index contributed by atoms with van der Waals surface area (Å²) >= 11 is 0. The number of carbonyl (C=O) groups is 3. The summed E-state index contributed by atoms with van der Waals surface area (Å²) in [6.07, 6.45) is 0. The first-order valence-corrected chi connectivity index (χ1v) is 14.6. The molecular formula is C34H32N6O6. The Hall–Kier alpha value is -5.75. The minimum absolute atomic E-state index is 0.115. The summed E-state index contributed by atoms with van der Waals surface area (Å²) in [7, 11) is 4.68. The molecule has 0 spiro atoms. The van der Waals surface area contributed by atoms with Gasteiger partial charge in [0, 0.05) is 60.6 Å². The van der Waals surface area contributed by atoms with Gasteiger partial charge in [0.15, 0.2) is 5.82 Å². The van der Waals surface area contributed by atoms with Crippen molar-refractivity contribution in [2.24, 2.45) is 0 Å². The van der Waals surface area contributed by atoms with Gasteiger partial charge in [0.2, 0.25) is 5.76 Å². The van der Waals surface area contributed by atoms with Crippen molar-refractivity contribution in [3.63, 3.8) is 0 Å². The van der Waals surface area contributed by atoms with Crippen LogP contribution in [0.3, 0.4) is 0 Å². The van der Waals surface area contributed by atoms with Gasteiger partial charge in [-0.2, -0.15) is 0 Å². The van der Waals surface area contributed by atoms with E-state index in [-0.39, 0.29) is 11.7 Å². The van der Waals surface area contributed by atoms with E-state index in [1.165, 1.54) is 12.0 Å². The summed E-state index contributed by atoms with van der Waals surface area (Å²) in [6.45, 7) is 2.59. The third-order valence-electron chi connectivity index (χ3n) is 7.46. The lowest BCUT2D eigenvalue weighted by Crippen LogP contribution is -2.37. The van der Waals surface area contributed by atoms with E-state index in [2.05, 4.69) is 15.5 Å². The Kier molecular flexibility index (Phi) is 8.61. The minimum Gasteiger partial charge on any atom is -0.463 e. The zero-order chi connectivity index (χ0) is 32.2. The summed E-state index contributed by atoms with van der Waals surface area (Å²) in [5.74, 6) is 1.28. The molecule has 1 fully saturated rings. The average molecular weight is 621 g/mol. The maximum absolute atomic E-state index is 12.7. The first-order chi connectivity index (χ1) is 22.3. The predicted molar refractivity (Wildman–Crippen MR) is 174 cm³/mol. The number of benzene rings is 3. The normalized spacial score (nSPS) is 12.9. The second-order valence-corrected chi connectivity index (χ2v) is 10.8. The molecule has 12 heteroatoms. The van der Waals surface area contributed by atoms with Gasteiger partial charge in [-0.25, -0.2) is 19.6 Å².